The number of aryl methyl sites for hydroxylation is 1. The number of benzene rings is 1. The van der Waals surface area contributed by atoms with Gasteiger partial charge in [-0.3, -0.25) is 0 Å². The summed E-state index contributed by atoms with van der Waals surface area (Å²) in [7, 11) is 1.80. The van der Waals surface area contributed by atoms with Gasteiger partial charge in [0.1, 0.15) is 11.3 Å². The van der Waals surface area contributed by atoms with Gasteiger partial charge in [-0.15, -0.1) is 0 Å². The van der Waals surface area contributed by atoms with E-state index in [1.54, 1.807) is 45.4 Å². The van der Waals surface area contributed by atoms with Gasteiger partial charge in [-0.1, -0.05) is 18.2 Å². The molecule has 0 aliphatic carbocycles. The van der Waals surface area contributed by atoms with Crippen molar-refractivity contribution in [3.63, 3.8) is 0 Å². The zero-order valence-corrected chi connectivity index (χ0v) is 14.8. The molecule has 128 valence electrons. The maximum Gasteiger partial charge on any atom is 0.355 e. The van der Waals surface area contributed by atoms with Crippen molar-refractivity contribution < 1.29 is 19.1 Å². The number of rotatable bonds is 4. The number of ether oxygens (including phenoxy) is 2. The molecular formula is C19H23NO4. The second-order valence-electron chi connectivity index (χ2n) is 6.43. The van der Waals surface area contributed by atoms with Gasteiger partial charge in [-0.25, -0.2) is 9.59 Å². The van der Waals surface area contributed by atoms with E-state index in [1.165, 1.54) is 6.08 Å². The highest BCUT2D eigenvalue weighted by Crippen LogP contribution is 2.27. The summed E-state index contributed by atoms with van der Waals surface area (Å²) in [6.45, 7) is 7.47. The molecule has 0 saturated carbocycles. The van der Waals surface area contributed by atoms with E-state index in [1.807, 2.05) is 24.3 Å². The lowest BCUT2D eigenvalue weighted by Crippen LogP contribution is -2.22. The number of hydrogen-bond donors (Lipinski definition) is 0. The third-order valence-electron chi connectivity index (χ3n) is 3.41. The largest absolute Gasteiger partial charge is 0.461 e. The predicted octanol–water partition coefficient (Wildman–Crippen LogP) is 3.71. The standard InChI is InChI=1S/C19H23NO4/c1-6-23-18(22)17-14(11-12-16(21)24-19(2,3)4)13-9-7-8-10-15(13)20(17)5/h7-12H,6H2,1-5H3/b12-11+. The van der Waals surface area contributed by atoms with Gasteiger partial charge in [-0.05, 0) is 39.8 Å². The minimum Gasteiger partial charge on any atom is -0.461 e. The van der Waals surface area contributed by atoms with Crippen molar-refractivity contribution in [1.82, 2.24) is 4.57 Å². The molecule has 1 aromatic carbocycles. The number of carbonyl (C=O) groups excluding carboxylic acids is 2. The molecule has 0 spiro atoms. The van der Waals surface area contributed by atoms with E-state index in [4.69, 9.17) is 9.47 Å². The molecule has 0 aliphatic heterocycles. The summed E-state index contributed by atoms with van der Waals surface area (Å²) in [4.78, 5) is 24.3. The molecule has 24 heavy (non-hydrogen) atoms. The van der Waals surface area contributed by atoms with E-state index in [-0.39, 0.29) is 6.61 Å². The third kappa shape index (κ3) is 3.85. The summed E-state index contributed by atoms with van der Waals surface area (Å²) in [6.07, 6.45) is 2.96. The lowest BCUT2D eigenvalue weighted by molar-refractivity contribution is -0.148. The molecule has 0 fully saturated rings. The van der Waals surface area contributed by atoms with Crippen molar-refractivity contribution in [3.8, 4) is 0 Å². The number of para-hydroxylation sites is 1. The van der Waals surface area contributed by atoms with Gasteiger partial charge in [0.15, 0.2) is 0 Å². The number of hydrogen-bond acceptors (Lipinski definition) is 4. The number of carbonyl (C=O) groups is 2. The summed E-state index contributed by atoms with van der Waals surface area (Å²) < 4.78 is 12.2. The molecule has 0 atom stereocenters. The first-order valence-corrected chi connectivity index (χ1v) is 7.90. The molecule has 1 aromatic heterocycles. The molecule has 5 heteroatoms. The van der Waals surface area contributed by atoms with Crippen LogP contribution in [-0.4, -0.2) is 28.7 Å². The van der Waals surface area contributed by atoms with Crippen LogP contribution in [0.2, 0.25) is 0 Å². The van der Waals surface area contributed by atoms with Gasteiger partial charge in [-0.2, -0.15) is 0 Å². The number of esters is 2. The maximum atomic E-state index is 12.3. The van der Waals surface area contributed by atoms with Gasteiger partial charge in [0, 0.05) is 29.6 Å². The molecule has 0 bridgehead atoms. The van der Waals surface area contributed by atoms with E-state index < -0.39 is 17.5 Å². The van der Waals surface area contributed by atoms with Crippen molar-refractivity contribution in [1.29, 1.82) is 0 Å². The van der Waals surface area contributed by atoms with Crippen molar-refractivity contribution in [2.45, 2.75) is 33.3 Å². The highest BCUT2D eigenvalue weighted by atomic mass is 16.6. The van der Waals surface area contributed by atoms with E-state index in [2.05, 4.69) is 0 Å². The lowest BCUT2D eigenvalue weighted by Gasteiger charge is -2.17. The normalized spacial score (nSPS) is 11.9. The topological polar surface area (TPSA) is 57.5 Å². The minimum absolute atomic E-state index is 0.287. The monoisotopic (exact) mass is 329 g/mol. The van der Waals surface area contributed by atoms with Gasteiger partial charge < -0.3 is 14.0 Å². The summed E-state index contributed by atoms with van der Waals surface area (Å²) in [5.41, 5.74) is 1.39. The van der Waals surface area contributed by atoms with Crippen molar-refractivity contribution in [2.75, 3.05) is 6.61 Å². The molecule has 0 N–H and O–H groups in total. The molecule has 0 saturated heterocycles. The van der Waals surface area contributed by atoms with E-state index in [0.29, 0.717) is 11.3 Å². The van der Waals surface area contributed by atoms with Gasteiger partial charge in [0.25, 0.3) is 0 Å². The van der Waals surface area contributed by atoms with Crippen LogP contribution in [0, 0.1) is 0 Å². The Balaban J connectivity index is 2.49. The Morgan fingerprint density at radius 2 is 1.88 bits per heavy atom. The zero-order valence-electron chi connectivity index (χ0n) is 14.8. The fourth-order valence-electron chi connectivity index (χ4n) is 2.52. The molecule has 0 unspecified atom stereocenters. The highest BCUT2D eigenvalue weighted by Gasteiger charge is 2.21. The Morgan fingerprint density at radius 3 is 2.50 bits per heavy atom. The Morgan fingerprint density at radius 1 is 1.21 bits per heavy atom. The van der Waals surface area contributed by atoms with Crippen LogP contribution in [0.1, 0.15) is 43.7 Å². The molecule has 2 rings (SSSR count). The predicted molar refractivity (Wildman–Crippen MR) is 93.8 cm³/mol. The van der Waals surface area contributed by atoms with E-state index in [9.17, 15) is 9.59 Å². The number of aromatic nitrogens is 1. The maximum absolute atomic E-state index is 12.3. The van der Waals surface area contributed by atoms with Crippen LogP contribution < -0.4 is 0 Å². The Labute approximate surface area is 141 Å². The van der Waals surface area contributed by atoms with Crippen LogP contribution >= 0.6 is 0 Å². The number of fused-ring (bicyclic) bond motifs is 1. The Kier molecular flexibility index (Phi) is 5.12. The summed E-state index contributed by atoms with van der Waals surface area (Å²) >= 11 is 0. The first kappa shape index (κ1) is 17.8. The van der Waals surface area contributed by atoms with Crippen molar-refractivity contribution in [3.05, 3.63) is 41.6 Å². The average Bonchev–Trinajstić information content (AvgIpc) is 2.77. The van der Waals surface area contributed by atoms with Gasteiger partial charge in [0.2, 0.25) is 0 Å². The third-order valence-corrected chi connectivity index (χ3v) is 3.41. The second kappa shape index (κ2) is 6.91. The van der Waals surface area contributed by atoms with Crippen LogP contribution in [0.25, 0.3) is 17.0 Å². The highest BCUT2D eigenvalue weighted by molar-refractivity contribution is 6.04. The Hall–Kier alpha value is -2.56. The lowest BCUT2D eigenvalue weighted by atomic mass is 10.1. The van der Waals surface area contributed by atoms with Gasteiger partial charge >= 0.3 is 11.9 Å². The summed E-state index contributed by atoms with van der Waals surface area (Å²) in [5, 5.41) is 0.878. The van der Waals surface area contributed by atoms with E-state index in [0.717, 1.165) is 10.9 Å². The molecule has 1 heterocycles. The quantitative estimate of drug-likeness (QED) is 0.634. The fourth-order valence-corrected chi connectivity index (χ4v) is 2.52. The SMILES string of the molecule is CCOC(=O)c1c(/C=C/C(=O)OC(C)(C)C)c2ccccc2n1C. The smallest absolute Gasteiger partial charge is 0.355 e. The van der Waals surface area contributed by atoms with Crippen LogP contribution in [0.4, 0.5) is 0 Å². The number of nitrogens with zero attached hydrogens (tertiary/aromatic N) is 1. The Bertz CT molecular complexity index is 794. The van der Waals surface area contributed by atoms with Crippen molar-refractivity contribution in [2.24, 2.45) is 7.05 Å². The molecule has 0 aliphatic rings. The van der Waals surface area contributed by atoms with Crippen LogP contribution in [0.5, 0.6) is 0 Å². The van der Waals surface area contributed by atoms with Gasteiger partial charge in [0.05, 0.1) is 6.61 Å². The minimum atomic E-state index is -0.565. The zero-order chi connectivity index (χ0) is 17.9. The molecule has 0 amide bonds. The second-order valence-corrected chi connectivity index (χ2v) is 6.43. The van der Waals surface area contributed by atoms with Crippen LogP contribution in [0.15, 0.2) is 30.3 Å². The first-order valence-electron chi connectivity index (χ1n) is 7.90. The van der Waals surface area contributed by atoms with Crippen molar-refractivity contribution >= 4 is 28.9 Å². The van der Waals surface area contributed by atoms with Crippen LogP contribution in [-0.2, 0) is 21.3 Å². The fraction of sp³-hybridized carbons (Fsp3) is 0.368. The summed E-state index contributed by atoms with van der Waals surface area (Å²) in [6, 6.07) is 7.62. The van der Waals surface area contributed by atoms with E-state index >= 15 is 0 Å². The summed E-state index contributed by atoms with van der Waals surface area (Å²) in [5.74, 6) is -0.870. The molecule has 2 aromatic rings. The molecule has 5 nitrogen and oxygen atoms in total. The van der Waals surface area contributed by atoms with Crippen LogP contribution in [0.3, 0.4) is 0 Å². The molecule has 0 radical (unpaired) electrons. The first-order chi connectivity index (χ1) is 11.2. The molecular weight excluding hydrogens is 306 g/mol. The average molecular weight is 329 g/mol.